The van der Waals surface area contributed by atoms with Crippen molar-refractivity contribution in [2.45, 2.75) is 83.9 Å². The minimum Gasteiger partial charge on any atom is -0.465 e. The van der Waals surface area contributed by atoms with Crippen molar-refractivity contribution in [1.29, 1.82) is 0 Å². The van der Waals surface area contributed by atoms with E-state index in [0.29, 0.717) is 49.4 Å². The summed E-state index contributed by atoms with van der Waals surface area (Å²) in [6, 6.07) is 19.1. The zero-order valence-corrected chi connectivity index (χ0v) is 34.4. The van der Waals surface area contributed by atoms with Crippen LogP contribution in [0.2, 0.25) is 5.28 Å². The fourth-order valence-electron chi connectivity index (χ4n) is 7.49. The molecular weight excluding hydrogens is 776 g/mol. The number of anilines is 1. The molecule has 4 aromatic rings. The highest BCUT2D eigenvalue weighted by atomic mass is 35.5. The van der Waals surface area contributed by atoms with E-state index in [9.17, 15) is 29.1 Å². The maximum absolute atomic E-state index is 13.9. The molecule has 6 N–H and O–H groups in total. The Balaban J connectivity index is 1.10. The Morgan fingerprint density at radius 2 is 1.63 bits per heavy atom. The standard InChI is InChI=1S/C43H51ClN8O7/c1-25-21-31(38(54)47-33-19-20-52(24-33)42(57)58)15-18-34(25)28-9-5-26(6-10-28)22-35(39(55)46-32-16-13-29(14-17-32)36-49-40(44)51-50-36)48-37(53)30-11-7-27(8-12-30)23-45-41(56)59-43(2,3)4/h5-6,9-10,13-18,21,27,30,33,35H,7-8,11-12,19-20,22-24H2,1-4H3,(H,45,56)(H,46,55)(H,47,54)(H,48,53)(H,57,58)(H,49,50,51)/t27-,30-,33-,35+/m1/s1. The second-order valence-corrected chi connectivity index (χ2v) is 16.7. The molecular formula is C43H51ClN8O7. The smallest absolute Gasteiger partial charge is 0.407 e. The molecule has 312 valence electrons. The van der Waals surface area contributed by atoms with Crippen molar-refractivity contribution < 1.29 is 33.8 Å². The predicted molar refractivity (Wildman–Crippen MR) is 223 cm³/mol. The lowest BCUT2D eigenvalue weighted by Gasteiger charge is -2.29. The van der Waals surface area contributed by atoms with Gasteiger partial charge in [0.15, 0.2) is 5.82 Å². The number of likely N-dealkylation sites (tertiary alicyclic amines) is 1. The number of hydrogen-bond acceptors (Lipinski definition) is 8. The molecule has 15 nitrogen and oxygen atoms in total. The fraction of sp³-hybridized carbons (Fsp3) is 0.419. The second-order valence-electron chi connectivity index (χ2n) is 16.3. The summed E-state index contributed by atoms with van der Waals surface area (Å²) in [6.45, 7) is 8.50. The van der Waals surface area contributed by atoms with Crippen LogP contribution in [-0.4, -0.2) is 92.4 Å². The summed E-state index contributed by atoms with van der Waals surface area (Å²) in [6.07, 6.45) is 2.13. The van der Waals surface area contributed by atoms with Gasteiger partial charge in [0.1, 0.15) is 11.6 Å². The highest BCUT2D eigenvalue weighted by Crippen LogP contribution is 2.30. The van der Waals surface area contributed by atoms with Crippen LogP contribution in [0.15, 0.2) is 66.7 Å². The topological polar surface area (TPSA) is 208 Å². The van der Waals surface area contributed by atoms with E-state index in [4.69, 9.17) is 16.3 Å². The predicted octanol–water partition coefficient (Wildman–Crippen LogP) is 6.58. The Kier molecular flexibility index (Phi) is 13.5. The molecule has 2 atom stereocenters. The van der Waals surface area contributed by atoms with Crippen molar-refractivity contribution in [3.05, 3.63) is 88.7 Å². The molecule has 0 spiro atoms. The van der Waals surface area contributed by atoms with E-state index in [0.717, 1.165) is 40.7 Å². The first-order valence-electron chi connectivity index (χ1n) is 19.9. The molecule has 1 aromatic heterocycles. The van der Waals surface area contributed by atoms with Crippen molar-refractivity contribution in [2.24, 2.45) is 11.8 Å². The Morgan fingerprint density at radius 3 is 2.24 bits per heavy atom. The molecule has 1 aliphatic heterocycles. The van der Waals surface area contributed by atoms with Gasteiger partial charge in [-0.25, -0.2) is 9.59 Å². The Labute approximate surface area is 348 Å². The number of ether oxygens (including phenoxy) is 1. The average molecular weight is 827 g/mol. The molecule has 0 radical (unpaired) electrons. The highest BCUT2D eigenvalue weighted by molar-refractivity contribution is 6.28. The molecule has 1 aliphatic carbocycles. The minimum absolute atomic E-state index is 0.167. The van der Waals surface area contributed by atoms with Crippen LogP contribution in [0.1, 0.15) is 74.4 Å². The highest BCUT2D eigenvalue weighted by Gasteiger charge is 2.31. The molecule has 1 saturated heterocycles. The van der Waals surface area contributed by atoms with Crippen molar-refractivity contribution in [3.8, 4) is 22.5 Å². The van der Waals surface area contributed by atoms with Crippen LogP contribution in [0.4, 0.5) is 15.3 Å². The Hall–Kier alpha value is -5.96. The Morgan fingerprint density at radius 1 is 0.932 bits per heavy atom. The number of hydrogen-bond donors (Lipinski definition) is 6. The number of carbonyl (C=O) groups is 5. The van der Waals surface area contributed by atoms with Crippen LogP contribution in [-0.2, 0) is 20.7 Å². The molecule has 16 heteroatoms. The maximum Gasteiger partial charge on any atom is 0.407 e. The number of aryl methyl sites for hydroxylation is 1. The lowest BCUT2D eigenvalue weighted by molar-refractivity contribution is -0.130. The van der Waals surface area contributed by atoms with Gasteiger partial charge in [0.25, 0.3) is 5.91 Å². The van der Waals surface area contributed by atoms with Gasteiger partial charge in [0.05, 0.1) is 0 Å². The molecule has 6 rings (SSSR count). The third-order valence-corrected chi connectivity index (χ3v) is 10.8. The van der Waals surface area contributed by atoms with E-state index in [2.05, 4.69) is 36.4 Å². The van der Waals surface area contributed by atoms with Gasteiger partial charge in [0.2, 0.25) is 17.1 Å². The molecule has 2 heterocycles. The maximum atomic E-state index is 13.9. The van der Waals surface area contributed by atoms with Crippen LogP contribution >= 0.6 is 11.6 Å². The van der Waals surface area contributed by atoms with E-state index in [1.54, 1.807) is 30.3 Å². The molecule has 0 bridgehead atoms. The van der Waals surface area contributed by atoms with Crippen LogP contribution < -0.4 is 21.3 Å². The number of nitrogens with zero attached hydrogens (tertiary/aromatic N) is 3. The van der Waals surface area contributed by atoms with Crippen molar-refractivity contribution >= 4 is 47.2 Å². The summed E-state index contributed by atoms with van der Waals surface area (Å²) in [5.41, 5.74) is 4.75. The van der Waals surface area contributed by atoms with Crippen molar-refractivity contribution in [1.82, 2.24) is 36.0 Å². The summed E-state index contributed by atoms with van der Waals surface area (Å²) in [7, 11) is 0. The van der Waals surface area contributed by atoms with Gasteiger partial charge in [-0.2, -0.15) is 0 Å². The van der Waals surface area contributed by atoms with Gasteiger partial charge in [-0.1, -0.05) is 30.3 Å². The number of aromatic amines is 1. The van der Waals surface area contributed by atoms with Crippen LogP contribution in [0.25, 0.3) is 22.5 Å². The van der Waals surface area contributed by atoms with Crippen LogP contribution in [0, 0.1) is 18.8 Å². The quantitative estimate of drug-likeness (QED) is 0.0911. The number of nitrogens with one attached hydrogen (secondary N) is 5. The zero-order chi connectivity index (χ0) is 42.3. The number of rotatable bonds is 12. The number of carboxylic acid groups (broad SMARTS) is 1. The normalized spacial score (nSPS) is 18.4. The van der Waals surface area contributed by atoms with E-state index in [1.807, 2.05) is 64.1 Å². The zero-order valence-electron chi connectivity index (χ0n) is 33.6. The average Bonchev–Trinajstić information content (AvgIpc) is 3.86. The van der Waals surface area contributed by atoms with Gasteiger partial charge in [-0.3, -0.25) is 14.4 Å². The summed E-state index contributed by atoms with van der Waals surface area (Å²) in [5, 5.41) is 29.0. The van der Waals surface area contributed by atoms with Crippen molar-refractivity contribution in [3.63, 3.8) is 0 Å². The Bertz CT molecular complexity index is 2140. The molecule has 5 amide bonds. The minimum atomic E-state index is -0.990. The molecule has 2 aliphatic rings. The summed E-state index contributed by atoms with van der Waals surface area (Å²) in [4.78, 5) is 68.2. The van der Waals surface area contributed by atoms with Gasteiger partial charge < -0.3 is 41.0 Å². The fourth-order valence-corrected chi connectivity index (χ4v) is 7.61. The van der Waals surface area contributed by atoms with Gasteiger partial charge in [-0.05, 0) is 136 Å². The summed E-state index contributed by atoms with van der Waals surface area (Å²) >= 11 is 5.89. The largest absolute Gasteiger partial charge is 0.465 e. The number of carbonyl (C=O) groups excluding carboxylic acids is 4. The molecule has 3 aromatic carbocycles. The lowest BCUT2D eigenvalue weighted by Crippen LogP contribution is -2.48. The first-order chi connectivity index (χ1) is 28.1. The first kappa shape index (κ1) is 42.6. The van der Waals surface area contributed by atoms with E-state index in [-0.39, 0.29) is 53.8 Å². The monoisotopic (exact) mass is 826 g/mol. The molecule has 1 saturated carbocycles. The molecule has 59 heavy (non-hydrogen) atoms. The third kappa shape index (κ3) is 11.8. The molecule has 2 fully saturated rings. The number of benzene rings is 3. The summed E-state index contributed by atoms with van der Waals surface area (Å²) in [5.74, 6) is -0.373. The van der Waals surface area contributed by atoms with Crippen molar-refractivity contribution in [2.75, 3.05) is 25.0 Å². The first-order valence-corrected chi connectivity index (χ1v) is 20.2. The van der Waals surface area contributed by atoms with Gasteiger partial charge in [-0.15, -0.1) is 10.2 Å². The number of halogens is 1. The van der Waals surface area contributed by atoms with E-state index >= 15 is 0 Å². The lowest BCUT2D eigenvalue weighted by atomic mass is 9.81. The van der Waals surface area contributed by atoms with Gasteiger partial charge >= 0.3 is 12.2 Å². The van der Waals surface area contributed by atoms with E-state index < -0.39 is 23.8 Å². The van der Waals surface area contributed by atoms with Crippen LogP contribution in [0.5, 0.6) is 0 Å². The van der Waals surface area contributed by atoms with E-state index in [1.165, 1.54) is 4.90 Å². The summed E-state index contributed by atoms with van der Waals surface area (Å²) < 4.78 is 5.35. The number of amides is 5. The third-order valence-electron chi connectivity index (χ3n) is 10.7. The number of H-pyrrole nitrogens is 1. The molecule has 0 unspecified atom stereocenters. The SMILES string of the molecule is Cc1cc(C(=O)N[C@@H]2CCN(C(=O)O)C2)ccc1-c1ccc(C[C@H](NC(=O)[C@H]2CC[C@H](CNC(=O)OC(C)(C)C)CC2)C(=O)Nc2ccc(-c3nnc(Cl)[nH]3)cc2)cc1. The second kappa shape index (κ2) is 18.7. The number of aromatic nitrogens is 3. The number of alkyl carbamates (subject to hydrolysis) is 1. The van der Waals surface area contributed by atoms with Gasteiger partial charge in [0, 0.05) is 54.8 Å². The van der Waals surface area contributed by atoms with Crippen LogP contribution in [0.3, 0.4) is 0 Å².